The molecule has 0 aromatic carbocycles. The first-order valence-electron chi connectivity index (χ1n) is 4.53. The normalized spacial score (nSPS) is 17.0. The summed E-state index contributed by atoms with van der Waals surface area (Å²) in [6.07, 6.45) is 4.56. The quantitative estimate of drug-likeness (QED) is 0.753. The monoisotopic (exact) mass is 258 g/mol. The highest BCUT2D eigenvalue weighted by Crippen LogP contribution is 2.31. The van der Waals surface area contributed by atoms with Crippen molar-refractivity contribution < 1.29 is 4.79 Å². The molecule has 1 fully saturated rings. The molecule has 0 bridgehead atoms. The van der Waals surface area contributed by atoms with Crippen molar-refractivity contribution in [1.82, 2.24) is 0 Å². The lowest BCUT2D eigenvalue weighted by Crippen LogP contribution is -2.15. The van der Waals surface area contributed by atoms with Crippen molar-refractivity contribution in [3.05, 3.63) is 20.8 Å². The van der Waals surface area contributed by atoms with Crippen molar-refractivity contribution in [2.24, 2.45) is 5.92 Å². The summed E-state index contributed by atoms with van der Waals surface area (Å²) in [5.74, 6) is 0.984. The Balaban J connectivity index is 1.96. The highest BCUT2D eigenvalue weighted by Gasteiger charge is 2.21. The number of halogens is 1. The number of carbonyl (C=O) groups is 1. The van der Waals surface area contributed by atoms with Gasteiger partial charge in [0, 0.05) is 17.4 Å². The van der Waals surface area contributed by atoms with E-state index in [4.69, 9.17) is 0 Å². The molecule has 2 rings (SSSR count). The molecule has 0 amide bonds. The Labute approximate surface area is 90.3 Å². The van der Waals surface area contributed by atoms with Gasteiger partial charge in [-0.1, -0.05) is 19.3 Å². The van der Waals surface area contributed by atoms with Crippen LogP contribution in [0.1, 0.15) is 36.0 Å². The van der Waals surface area contributed by atoms with E-state index in [1.807, 2.05) is 11.4 Å². The van der Waals surface area contributed by atoms with Gasteiger partial charge in [-0.3, -0.25) is 4.79 Å². The van der Waals surface area contributed by atoms with E-state index in [0.29, 0.717) is 11.7 Å². The number of ketones is 1. The molecule has 0 aliphatic heterocycles. The summed E-state index contributed by atoms with van der Waals surface area (Å²) >= 11 is 4.95. The summed E-state index contributed by atoms with van der Waals surface area (Å²) < 4.78 is 1.05. The molecule has 13 heavy (non-hydrogen) atoms. The van der Waals surface area contributed by atoms with Crippen molar-refractivity contribution in [2.75, 3.05) is 0 Å². The van der Waals surface area contributed by atoms with Gasteiger partial charge >= 0.3 is 0 Å². The van der Waals surface area contributed by atoms with E-state index < -0.39 is 0 Å². The number of rotatable bonds is 3. The first kappa shape index (κ1) is 9.41. The Kier molecular flexibility index (Phi) is 2.84. The lowest BCUT2D eigenvalue weighted by molar-refractivity contribution is 0.0937. The van der Waals surface area contributed by atoms with Gasteiger partial charge in [-0.2, -0.15) is 0 Å². The van der Waals surface area contributed by atoms with Crippen LogP contribution in [-0.2, 0) is 0 Å². The van der Waals surface area contributed by atoms with Crippen LogP contribution in [0.15, 0.2) is 15.2 Å². The van der Waals surface area contributed by atoms with Crippen molar-refractivity contribution in [3.8, 4) is 0 Å². The number of carbonyl (C=O) groups excluding carboxylic acids is 1. The molecule has 0 atom stereocenters. The Morgan fingerprint density at radius 1 is 1.62 bits per heavy atom. The third-order valence-corrected chi connectivity index (χ3v) is 4.09. The molecule has 3 heteroatoms. The minimum Gasteiger partial charge on any atom is -0.294 e. The van der Waals surface area contributed by atoms with Crippen LogP contribution in [0.2, 0.25) is 0 Å². The van der Waals surface area contributed by atoms with E-state index in [2.05, 4.69) is 15.9 Å². The first-order chi connectivity index (χ1) is 6.25. The number of Topliss-reactive ketones (excluding diaryl/α,β-unsaturated/α-hetero) is 1. The summed E-state index contributed by atoms with van der Waals surface area (Å²) in [7, 11) is 0. The van der Waals surface area contributed by atoms with E-state index in [1.54, 1.807) is 11.3 Å². The van der Waals surface area contributed by atoms with Gasteiger partial charge in [-0.05, 0) is 27.9 Å². The fourth-order valence-electron chi connectivity index (χ4n) is 1.53. The van der Waals surface area contributed by atoms with Crippen molar-refractivity contribution in [3.63, 3.8) is 0 Å². The third kappa shape index (κ3) is 2.20. The predicted molar refractivity (Wildman–Crippen MR) is 58.3 cm³/mol. The van der Waals surface area contributed by atoms with Crippen molar-refractivity contribution in [1.29, 1.82) is 0 Å². The van der Waals surface area contributed by atoms with Crippen LogP contribution in [0.25, 0.3) is 0 Å². The molecule has 1 aliphatic rings. The summed E-state index contributed by atoms with van der Waals surface area (Å²) in [5, 5.41) is 1.94. The Morgan fingerprint density at radius 2 is 2.38 bits per heavy atom. The molecule has 0 saturated heterocycles. The van der Waals surface area contributed by atoms with Crippen LogP contribution >= 0.6 is 27.3 Å². The van der Waals surface area contributed by atoms with Gasteiger partial charge in [0.25, 0.3) is 0 Å². The molecule has 0 spiro atoms. The number of thiophene rings is 1. The van der Waals surface area contributed by atoms with Gasteiger partial charge in [0.1, 0.15) is 0 Å². The van der Waals surface area contributed by atoms with Gasteiger partial charge in [0.15, 0.2) is 5.78 Å². The minimum absolute atomic E-state index is 0.312. The standard InChI is InChI=1S/C10H11BrOS/c11-10-5-8(6-13-10)9(12)4-7-2-1-3-7/h5-7H,1-4H2. The van der Waals surface area contributed by atoms with Crippen LogP contribution in [0.4, 0.5) is 0 Å². The van der Waals surface area contributed by atoms with E-state index in [1.165, 1.54) is 19.3 Å². The van der Waals surface area contributed by atoms with E-state index in [-0.39, 0.29) is 0 Å². The zero-order valence-electron chi connectivity index (χ0n) is 7.25. The van der Waals surface area contributed by atoms with Crippen molar-refractivity contribution >= 4 is 33.0 Å². The molecule has 70 valence electrons. The fraction of sp³-hybridized carbons (Fsp3) is 0.500. The molecule has 1 saturated carbocycles. The Bertz CT molecular complexity index is 314. The lowest BCUT2D eigenvalue weighted by Gasteiger charge is -2.24. The van der Waals surface area contributed by atoms with Gasteiger partial charge in [-0.25, -0.2) is 0 Å². The van der Waals surface area contributed by atoms with Crippen LogP contribution in [0.3, 0.4) is 0 Å². The topological polar surface area (TPSA) is 17.1 Å². The second kappa shape index (κ2) is 3.93. The average Bonchev–Trinajstić information content (AvgIpc) is 2.44. The largest absolute Gasteiger partial charge is 0.294 e. The smallest absolute Gasteiger partial charge is 0.164 e. The SMILES string of the molecule is O=C(CC1CCC1)c1csc(Br)c1. The first-order valence-corrected chi connectivity index (χ1v) is 6.20. The van der Waals surface area contributed by atoms with Gasteiger partial charge in [-0.15, -0.1) is 11.3 Å². The molecule has 0 unspecified atom stereocenters. The summed E-state index contributed by atoms with van der Waals surface area (Å²) in [4.78, 5) is 11.6. The lowest BCUT2D eigenvalue weighted by atomic mass is 9.81. The zero-order valence-corrected chi connectivity index (χ0v) is 9.66. The minimum atomic E-state index is 0.312. The highest BCUT2D eigenvalue weighted by molar-refractivity contribution is 9.11. The molecule has 0 radical (unpaired) electrons. The van der Waals surface area contributed by atoms with Crippen LogP contribution in [-0.4, -0.2) is 5.78 Å². The average molecular weight is 259 g/mol. The predicted octanol–water partition coefficient (Wildman–Crippen LogP) is 3.88. The summed E-state index contributed by atoms with van der Waals surface area (Å²) in [6.45, 7) is 0. The van der Waals surface area contributed by atoms with E-state index >= 15 is 0 Å². The molecular weight excluding hydrogens is 248 g/mol. The van der Waals surface area contributed by atoms with E-state index in [9.17, 15) is 4.79 Å². The second-order valence-corrected chi connectivity index (χ2v) is 5.85. The van der Waals surface area contributed by atoms with Gasteiger partial charge < -0.3 is 0 Å². The summed E-state index contributed by atoms with van der Waals surface area (Å²) in [5.41, 5.74) is 0.878. The Morgan fingerprint density at radius 3 is 2.85 bits per heavy atom. The molecule has 0 N–H and O–H groups in total. The molecule has 1 aromatic heterocycles. The van der Waals surface area contributed by atoms with Crippen molar-refractivity contribution in [2.45, 2.75) is 25.7 Å². The van der Waals surface area contributed by atoms with E-state index in [0.717, 1.165) is 15.8 Å². The third-order valence-electron chi connectivity index (χ3n) is 2.59. The molecule has 1 nitrogen and oxygen atoms in total. The highest BCUT2D eigenvalue weighted by atomic mass is 79.9. The molecule has 1 heterocycles. The number of hydrogen-bond donors (Lipinski definition) is 0. The van der Waals surface area contributed by atoms with Crippen LogP contribution in [0.5, 0.6) is 0 Å². The molecule has 1 aliphatic carbocycles. The maximum atomic E-state index is 11.6. The fourth-order valence-corrected chi connectivity index (χ4v) is 2.69. The van der Waals surface area contributed by atoms with Gasteiger partial charge in [0.05, 0.1) is 3.79 Å². The van der Waals surface area contributed by atoms with Crippen LogP contribution in [0, 0.1) is 5.92 Å². The number of hydrogen-bond acceptors (Lipinski definition) is 2. The molecule has 1 aromatic rings. The zero-order chi connectivity index (χ0) is 9.26. The molecular formula is C10H11BrOS. The Hall–Kier alpha value is -0.150. The maximum absolute atomic E-state index is 11.6. The van der Waals surface area contributed by atoms with Crippen LogP contribution < -0.4 is 0 Å². The summed E-state index contributed by atoms with van der Waals surface area (Å²) in [6, 6.07) is 1.92. The van der Waals surface area contributed by atoms with Gasteiger partial charge in [0.2, 0.25) is 0 Å². The second-order valence-electron chi connectivity index (χ2n) is 3.56. The maximum Gasteiger partial charge on any atom is 0.164 e.